The summed E-state index contributed by atoms with van der Waals surface area (Å²) in [6.45, 7) is 6.06. The standard InChI is InChI=1S/C21H42O5/c1-3-4-5-6-7-8-9-10-11-12-15-24-17-19-26-20-18-25-16-13-14-21(22)23-2/h3-20H2,1-2H3. The number of hydrogen-bond donors (Lipinski definition) is 0. The lowest BCUT2D eigenvalue weighted by Gasteiger charge is -2.07. The molecule has 0 rings (SSSR count). The second-order valence-corrected chi connectivity index (χ2v) is 6.70. The Morgan fingerprint density at radius 1 is 0.577 bits per heavy atom. The summed E-state index contributed by atoms with van der Waals surface area (Å²) in [5.41, 5.74) is 0. The highest BCUT2D eigenvalue weighted by atomic mass is 16.5. The van der Waals surface area contributed by atoms with Gasteiger partial charge >= 0.3 is 5.97 Å². The smallest absolute Gasteiger partial charge is 0.305 e. The molecule has 0 amide bonds. The predicted molar refractivity (Wildman–Crippen MR) is 106 cm³/mol. The Balaban J connectivity index is 3.00. The minimum Gasteiger partial charge on any atom is -0.469 e. The maximum absolute atomic E-state index is 10.9. The summed E-state index contributed by atoms with van der Waals surface area (Å²) in [5.74, 6) is -0.190. The molecule has 0 aliphatic rings. The van der Waals surface area contributed by atoms with Gasteiger partial charge in [0.2, 0.25) is 0 Å². The van der Waals surface area contributed by atoms with E-state index in [-0.39, 0.29) is 5.97 Å². The number of carbonyl (C=O) groups is 1. The van der Waals surface area contributed by atoms with E-state index in [2.05, 4.69) is 11.7 Å². The molecule has 0 heterocycles. The Labute approximate surface area is 161 Å². The Bertz CT molecular complexity index is 284. The average Bonchev–Trinajstić information content (AvgIpc) is 2.66. The van der Waals surface area contributed by atoms with Crippen molar-refractivity contribution >= 4 is 5.97 Å². The summed E-state index contributed by atoms with van der Waals surface area (Å²) < 4.78 is 20.9. The Morgan fingerprint density at radius 2 is 1.00 bits per heavy atom. The van der Waals surface area contributed by atoms with E-state index in [0.29, 0.717) is 45.9 Å². The molecule has 5 heteroatoms. The van der Waals surface area contributed by atoms with Gasteiger partial charge in [0, 0.05) is 19.6 Å². The molecule has 0 N–H and O–H groups in total. The molecule has 0 aliphatic heterocycles. The molecule has 0 fully saturated rings. The van der Waals surface area contributed by atoms with E-state index in [0.717, 1.165) is 13.0 Å². The van der Waals surface area contributed by atoms with Crippen LogP contribution in [0.1, 0.15) is 84.0 Å². The topological polar surface area (TPSA) is 54.0 Å². The zero-order valence-corrected chi connectivity index (χ0v) is 17.3. The van der Waals surface area contributed by atoms with Gasteiger partial charge in [0.1, 0.15) is 0 Å². The van der Waals surface area contributed by atoms with Crippen LogP contribution in [0.3, 0.4) is 0 Å². The number of rotatable bonds is 21. The molecule has 0 saturated heterocycles. The van der Waals surface area contributed by atoms with Gasteiger partial charge in [-0.2, -0.15) is 0 Å². The first-order chi connectivity index (χ1) is 12.8. The lowest BCUT2D eigenvalue weighted by Crippen LogP contribution is -2.11. The largest absolute Gasteiger partial charge is 0.469 e. The van der Waals surface area contributed by atoms with Gasteiger partial charge in [0.15, 0.2) is 0 Å². The predicted octanol–water partition coefficient (Wildman–Crippen LogP) is 4.91. The quantitative estimate of drug-likeness (QED) is 0.211. The van der Waals surface area contributed by atoms with Crippen LogP contribution in [0.4, 0.5) is 0 Å². The van der Waals surface area contributed by atoms with Crippen molar-refractivity contribution in [2.45, 2.75) is 84.0 Å². The fourth-order valence-corrected chi connectivity index (χ4v) is 2.65. The van der Waals surface area contributed by atoms with Crippen LogP contribution in [-0.4, -0.2) is 52.7 Å². The molecule has 0 aromatic heterocycles. The SMILES string of the molecule is CCCCCCCCCCCCOCCOCCOCCCC(=O)OC. The van der Waals surface area contributed by atoms with Crippen LogP contribution in [0.15, 0.2) is 0 Å². The third kappa shape index (κ3) is 21.4. The van der Waals surface area contributed by atoms with Crippen molar-refractivity contribution in [2.75, 3.05) is 46.8 Å². The summed E-state index contributed by atoms with van der Waals surface area (Å²) >= 11 is 0. The van der Waals surface area contributed by atoms with E-state index in [1.807, 2.05) is 0 Å². The van der Waals surface area contributed by atoms with Crippen LogP contribution < -0.4 is 0 Å². The zero-order valence-electron chi connectivity index (χ0n) is 17.3. The molecular formula is C21H42O5. The molecule has 5 nitrogen and oxygen atoms in total. The third-order valence-corrected chi connectivity index (χ3v) is 4.28. The third-order valence-electron chi connectivity index (χ3n) is 4.28. The van der Waals surface area contributed by atoms with Crippen molar-refractivity contribution in [3.8, 4) is 0 Å². The monoisotopic (exact) mass is 374 g/mol. The number of hydrogen-bond acceptors (Lipinski definition) is 5. The Kier molecular flexibility index (Phi) is 21.8. The number of carbonyl (C=O) groups excluding carboxylic acids is 1. The van der Waals surface area contributed by atoms with Crippen molar-refractivity contribution in [3.63, 3.8) is 0 Å². The molecule has 0 radical (unpaired) electrons. The van der Waals surface area contributed by atoms with Gasteiger partial charge in [0.25, 0.3) is 0 Å². The summed E-state index contributed by atoms with van der Waals surface area (Å²) in [4.78, 5) is 10.9. The number of ether oxygens (including phenoxy) is 4. The fourth-order valence-electron chi connectivity index (χ4n) is 2.65. The number of methoxy groups -OCH3 is 1. The minimum absolute atomic E-state index is 0.190. The van der Waals surface area contributed by atoms with E-state index in [1.165, 1.54) is 64.9 Å². The van der Waals surface area contributed by atoms with Crippen LogP contribution in [0.2, 0.25) is 0 Å². The molecule has 0 aromatic rings. The molecule has 26 heavy (non-hydrogen) atoms. The Morgan fingerprint density at radius 3 is 1.50 bits per heavy atom. The van der Waals surface area contributed by atoms with Crippen molar-refractivity contribution in [1.82, 2.24) is 0 Å². The highest BCUT2D eigenvalue weighted by Crippen LogP contribution is 2.10. The first kappa shape index (κ1) is 25.4. The zero-order chi connectivity index (χ0) is 19.1. The van der Waals surface area contributed by atoms with Gasteiger partial charge in [-0.15, -0.1) is 0 Å². The summed E-state index contributed by atoms with van der Waals surface area (Å²) in [6, 6.07) is 0. The highest BCUT2D eigenvalue weighted by molar-refractivity contribution is 5.68. The van der Waals surface area contributed by atoms with Crippen LogP contribution in [-0.2, 0) is 23.7 Å². The van der Waals surface area contributed by atoms with E-state index in [1.54, 1.807) is 0 Å². The maximum Gasteiger partial charge on any atom is 0.305 e. The van der Waals surface area contributed by atoms with Gasteiger partial charge in [-0.05, 0) is 12.8 Å². The molecule has 0 saturated carbocycles. The normalized spacial score (nSPS) is 11.0. The lowest BCUT2D eigenvalue weighted by molar-refractivity contribution is -0.141. The van der Waals surface area contributed by atoms with Gasteiger partial charge in [-0.3, -0.25) is 4.79 Å². The number of esters is 1. The van der Waals surface area contributed by atoms with Crippen molar-refractivity contribution in [1.29, 1.82) is 0 Å². The second kappa shape index (κ2) is 22.4. The van der Waals surface area contributed by atoms with Gasteiger partial charge in [-0.1, -0.05) is 64.7 Å². The van der Waals surface area contributed by atoms with Crippen LogP contribution in [0.25, 0.3) is 0 Å². The molecule has 156 valence electrons. The number of unbranched alkanes of at least 4 members (excludes halogenated alkanes) is 9. The first-order valence-corrected chi connectivity index (χ1v) is 10.6. The molecule has 0 aliphatic carbocycles. The lowest BCUT2D eigenvalue weighted by atomic mass is 10.1. The molecular weight excluding hydrogens is 332 g/mol. The van der Waals surface area contributed by atoms with Crippen molar-refractivity contribution in [3.05, 3.63) is 0 Å². The molecule has 0 aromatic carbocycles. The van der Waals surface area contributed by atoms with Crippen LogP contribution in [0.5, 0.6) is 0 Å². The molecule has 0 spiro atoms. The summed E-state index contributed by atoms with van der Waals surface area (Å²) in [7, 11) is 1.40. The Hall–Kier alpha value is -0.650. The summed E-state index contributed by atoms with van der Waals surface area (Å²) in [5, 5.41) is 0. The van der Waals surface area contributed by atoms with Crippen LogP contribution >= 0.6 is 0 Å². The highest BCUT2D eigenvalue weighted by Gasteiger charge is 1.99. The van der Waals surface area contributed by atoms with Gasteiger partial charge in [-0.25, -0.2) is 0 Å². The molecule has 0 bridgehead atoms. The fraction of sp³-hybridized carbons (Fsp3) is 0.952. The van der Waals surface area contributed by atoms with Crippen molar-refractivity contribution in [2.24, 2.45) is 0 Å². The van der Waals surface area contributed by atoms with Crippen molar-refractivity contribution < 1.29 is 23.7 Å². The molecule has 0 atom stereocenters. The second-order valence-electron chi connectivity index (χ2n) is 6.70. The summed E-state index contributed by atoms with van der Waals surface area (Å²) in [6.07, 6.45) is 14.6. The average molecular weight is 375 g/mol. The molecule has 0 unspecified atom stereocenters. The van der Waals surface area contributed by atoms with E-state index >= 15 is 0 Å². The van der Waals surface area contributed by atoms with E-state index in [9.17, 15) is 4.79 Å². The van der Waals surface area contributed by atoms with Gasteiger partial charge in [0.05, 0.1) is 33.5 Å². The van der Waals surface area contributed by atoms with Crippen LogP contribution in [0, 0.1) is 0 Å². The first-order valence-electron chi connectivity index (χ1n) is 10.6. The van der Waals surface area contributed by atoms with E-state index in [4.69, 9.17) is 14.2 Å². The van der Waals surface area contributed by atoms with E-state index < -0.39 is 0 Å². The minimum atomic E-state index is -0.190. The van der Waals surface area contributed by atoms with Gasteiger partial charge < -0.3 is 18.9 Å². The maximum atomic E-state index is 10.9.